The molecule has 0 amide bonds. The van der Waals surface area contributed by atoms with Gasteiger partial charge in [-0.25, -0.2) is 9.97 Å². The van der Waals surface area contributed by atoms with Crippen molar-refractivity contribution >= 4 is 17.4 Å². The van der Waals surface area contributed by atoms with Gasteiger partial charge < -0.3 is 9.64 Å². The molecule has 0 spiro atoms. The predicted octanol–water partition coefficient (Wildman–Crippen LogP) is 2.54. The maximum Gasteiger partial charge on any atom is 0.137 e. The molecule has 3 rings (SSSR count). The summed E-state index contributed by atoms with van der Waals surface area (Å²) in [6, 6.07) is 0.404. The summed E-state index contributed by atoms with van der Waals surface area (Å²) >= 11 is 6.23. The molecular formula is C13H18ClN3O. The molecule has 0 N–H and O–H groups in total. The van der Waals surface area contributed by atoms with E-state index in [-0.39, 0.29) is 0 Å². The van der Waals surface area contributed by atoms with Gasteiger partial charge in [-0.05, 0) is 26.2 Å². The van der Waals surface area contributed by atoms with E-state index in [2.05, 4.69) is 16.9 Å². The smallest absolute Gasteiger partial charge is 0.137 e. The average molecular weight is 268 g/mol. The van der Waals surface area contributed by atoms with Gasteiger partial charge >= 0.3 is 0 Å². The number of ether oxygens (including phenoxy) is 1. The predicted molar refractivity (Wildman–Crippen MR) is 71.4 cm³/mol. The van der Waals surface area contributed by atoms with Crippen LogP contribution in [0.2, 0.25) is 5.15 Å². The van der Waals surface area contributed by atoms with E-state index in [0.717, 1.165) is 36.8 Å². The molecule has 2 heterocycles. The first-order valence-corrected chi connectivity index (χ1v) is 6.89. The minimum Gasteiger partial charge on any atom is -0.379 e. The Morgan fingerprint density at radius 1 is 1.28 bits per heavy atom. The van der Waals surface area contributed by atoms with Crippen molar-refractivity contribution in [1.29, 1.82) is 0 Å². The second-order valence-electron chi connectivity index (χ2n) is 5.22. The molecule has 1 aromatic rings. The molecule has 1 aliphatic heterocycles. The van der Waals surface area contributed by atoms with E-state index >= 15 is 0 Å². The molecule has 2 aliphatic rings. The third-order valence-corrected chi connectivity index (χ3v) is 4.18. The van der Waals surface area contributed by atoms with Gasteiger partial charge in [-0.1, -0.05) is 11.6 Å². The number of hydrogen-bond donors (Lipinski definition) is 0. The van der Waals surface area contributed by atoms with E-state index in [1.807, 2.05) is 6.92 Å². The molecule has 1 aliphatic carbocycles. The average Bonchev–Trinajstić information content (AvgIpc) is 3.06. The summed E-state index contributed by atoms with van der Waals surface area (Å²) in [5.41, 5.74) is 0.968. The zero-order chi connectivity index (χ0) is 12.7. The Hall–Kier alpha value is -0.870. The van der Waals surface area contributed by atoms with Crippen LogP contribution in [0.15, 0.2) is 0 Å². The quantitative estimate of drug-likeness (QED) is 0.789. The Morgan fingerprint density at radius 3 is 2.67 bits per heavy atom. The summed E-state index contributed by atoms with van der Waals surface area (Å²) in [6.45, 7) is 3.60. The molecular weight excluding hydrogens is 250 g/mol. The van der Waals surface area contributed by atoms with Crippen molar-refractivity contribution in [2.75, 3.05) is 25.2 Å². The van der Waals surface area contributed by atoms with Gasteiger partial charge in [0.1, 0.15) is 16.8 Å². The Morgan fingerprint density at radius 2 is 2.06 bits per heavy atom. The van der Waals surface area contributed by atoms with E-state index < -0.39 is 0 Å². The summed E-state index contributed by atoms with van der Waals surface area (Å²) in [4.78, 5) is 11.3. The number of halogens is 1. The van der Waals surface area contributed by atoms with Crippen LogP contribution in [0.4, 0.5) is 5.82 Å². The summed E-state index contributed by atoms with van der Waals surface area (Å²) in [5.74, 6) is 2.40. The number of nitrogens with zero attached hydrogens (tertiary/aromatic N) is 3. The first kappa shape index (κ1) is 12.2. The lowest BCUT2D eigenvalue weighted by molar-refractivity contribution is 0.193. The van der Waals surface area contributed by atoms with Gasteiger partial charge in [0.2, 0.25) is 0 Å². The van der Waals surface area contributed by atoms with Crippen LogP contribution in [0.25, 0.3) is 0 Å². The van der Waals surface area contributed by atoms with Crippen molar-refractivity contribution < 1.29 is 4.74 Å². The zero-order valence-corrected chi connectivity index (χ0v) is 11.6. The molecule has 5 heteroatoms. The van der Waals surface area contributed by atoms with Gasteiger partial charge in [0.25, 0.3) is 0 Å². The van der Waals surface area contributed by atoms with Crippen LogP contribution in [0.3, 0.4) is 0 Å². The van der Waals surface area contributed by atoms with E-state index in [0.29, 0.717) is 17.1 Å². The maximum absolute atomic E-state index is 6.23. The minimum absolute atomic E-state index is 0.404. The van der Waals surface area contributed by atoms with E-state index in [1.54, 1.807) is 0 Å². The lowest BCUT2D eigenvalue weighted by Gasteiger charge is -2.26. The highest BCUT2D eigenvalue weighted by molar-refractivity contribution is 6.30. The highest BCUT2D eigenvalue weighted by atomic mass is 35.5. The lowest BCUT2D eigenvalue weighted by Crippen LogP contribution is -2.33. The molecule has 2 fully saturated rings. The van der Waals surface area contributed by atoms with Crippen LogP contribution in [0, 0.1) is 6.92 Å². The zero-order valence-electron chi connectivity index (χ0n) is 10.8. The van der Waals surface area contributed by atoms with Gasteiger partial charge in [-0.15, -0.1) is 0 Å². The molecule has 0 bridgehead atoms. The first-order chi connectivity index (χ1) is 8.66. The van der Waals surface area contributed by atoms with Crippen molar-refractivity contribution in [2.24, 2.45) is 0 Å². The molecule has 0 aromatic carbocycles. The number of likely N-dealkylation sites (N-methyl/N-ethyl adjacent to an activating group) is 1. The largest absolute Gasteiger partial charge is 0.379 e. The molecule has 1 aromatic heterocycles. The highest BCUT2D eigenvalue weighted by Crippen LogP contribution is 2.40. The Kier molecular flexibility index (Phi) is 3.16. The molecule has 18 heavy (non-hydrogen) atoms. The topological polar surface area (TPSA) is 38.2 Å². The van der Waals surface area contributed by atoms with Gasteiger partial charge in [0, 0.05) is 25.1 Å². The summed E-state index contributed by atoms with van der Waals surface area (Å²) in [6.07, 6.45) is 3.43. The van der Waals surface area contributed by atoms with Gasteiger partial charge in [-0.3, -0.25) is 0 Å². The second kappa shape index (κ2) is 4.67. The van der Waals surface area contributed by atoms with Crippen LogP contribution in [0.1, 0.15) is 36.6 Å². The standard InChI is InChI=1S/C13H18ClN3O/c1-8-11(14)15-12(9-3-4-9)16-13(8)17(2)10-5-6-18-7-10/h9-10H,3-7H2,1-2H3. The van der Waals surface area contributed by atoms with Crippen LogP contribution < -0.4 is 4.90 Å². The Balaban J connectivity index is 1.93. The highest BCUT2D eigenvalue weighted by Gasteiger charge is 2.30. The fraction of sp³-hybridized carbons (Fsp3) is 0.692. The second-order valence-corrected chi connectivity index (χ2v) is 5.58. The molecule has 98 valence electrons. The Bertz CT molecular complexity index is 456. The monoisotopic (exact) mass is 267 g/mol. The molecule has 0 radical (unpaired) electrons. The van der Waals surface area contributed by atoms with Gasteiger partial charge in [0.15, 0.2) is 0 Å². The molecule has 4 nitrogen and oxygen atoms in total. The lowest BCUT2D eigenvalue weighted by atomic mass is 10.2. The first-order valence-electron chi connectivity index (χ1n) is 6.51. The minimum atomic E-state index is 0.404. The molecule has 1 saturated heterocycles. The van der Waals surface area contributed by atoms with E-state index in [1.165, 1.54) is 12.8 Å². The van der Waals surface area contributed by atoms with Crippen molar-refractivity contribution in [3.05, 3.63) is 16.5 Å². The number of rotatable bonds is 3. The fourth-order valence-corrected chi connectivity index (χ4v) is 2.53. The normalized spacial score (nSPS) is 23.4. The third-order valence-electron chi connectivity index (χ3n) is 3.81. The van der Waals surface area contributed by atoms with Crippen LogP contribution in [0.5, 0.6) is 0 Å². The van der Waals surface area contributed by atoms with Crippen LogP contribution in [-0.4, -0.2) is 36.3 Å². The molecule has 1 unspecified atom stereocenters. The fourth-order valence-electron chi connectivity index (χ4n) is 2.36. The van der Waals surface area contributed by atoms with Crippen LogP contribution >= 0.6 is 11.6 Å². The number of aromatic nitrogens is 2. The van der Waals surface area contributed by atoms with Crippen molar-refractivity contribution in [3.8, 4) is 0 Å². The maximum atomic E-state index is 6.23. The van der Waals surface area contributed by atoms with Crippen molar-refractivity contribution in [2.45, 2.75) is 38.1 Å². The van der Waals surface area contributed by atoms with E-state index in [4.69, 9.17) is 21.3 Å². The number of anilines is 1. The molecule has 1 saturated carbocycles. The van der Waals surface area contributed by atoms with Gasteiger partial charge in [-0.2, -0.15) is 0 Å². The summed E-state index contributed by atoms with van der Waals surface area (Å²) < 4.78 is 5.44. The van der Waals surface area contributed by atoms with Crippen molar-refractivity contribution in [1.82, 2.24) is 9.97 Å². The summed E-state index contributed by atoms with van der Waals surface area (Å²) in [7, 11) is 2.07. The van der Waals surface area contributed by atoms with Crippen molar-refractivity contribution in [3.63, 3.8) is 0 Å². The van der Waals surface area contributed by atoms with E-state index in [9.17, 15) is 0 Å². The summed E-state index contributed by atoms with van der Waals surface area (Å²) in [5, 5.41) is 0.590. The van der Waals surface area contributed by atoms with Crippen LogP contribution in [-0.2, 0) is 4.74 Å². The van der Waals surface area contributed by atoms with Gasteiger partial charge in [0.05, 0.1) is 12.6 Å². The Labute approximate surface area is 112 Å². The SMILES string of the molecule is Cc1c(Cl)nc(C2CC2)nc1N(C)C1CCOC1. The number of hydrogen-bond acceptors (Lipinski definition) is 4. The molecule has 1 atom stereocenters. The third kappa shape index (κ3) is 2.19.